The minimum Gasteiger partial charge on any atom is -0.497 e. The molecule has 3 aromatic carbocycles. The van der Waals surface area contributed by atoms with Gasteiger partial charge in [-0.3, -0.25) is 9.78 Å². The Labute approximate surface area is 262 Å². The van der Waals surface area contributed by atoms with Gasteiger partial charge in [0.05, 0.1) is 36.6 Å². The molecule has 45 heavy (non-hydrogen) atoms. The number of ether oxygens (including phenoxy) is 2. The van der Waals surface area contributed by atoms with Crippen molar-refractivity contribution >= 4 is 27.3 Å². The van der Waals surface area contributed by atoms with E-state index < -0.39 is 15.9 Å². The molecule has 0 saturated carbocycles. The Kier molecular flexibility index (Phi) is 10.2. The molecule has 1 N–H and O–H groups in total. The number of hydrogen-bond acceptors (Lipinski definition) is 8. The zero-order chi connectivity index (χ0) is 31.8. The quantitative estimate of drug-likeness (QED) is 0.190. The summed E-state index contributed by atoms with van der Waals surface area (Å²) in [6.07, 6.45) is 3.25. The molecular formula is C33H34FN5O5S. The fourth-order valence-electron chi connectivity index (χ4n) is 4.84. The average Bonchev–Trinajstić information content (AvgIpc) is 3.08. The van der Waals surface area contributed by atoms with Crippen molar-refractivity contribution in [2.24, 2.45) is 5.10 Å². The number of morpholine rings is 1. The molecule has 234 valence electrons. The molecule has 12 heteroatoms. The van der Waals surface area contributed by atoms with Gasteiger partial charge in [0.1, 0.15) is 11.6 Å². The predicted octanol–water partition coefficient (Wildman–Crippen LogP) is 4.61. The molecule has 0 bridgehead atoms. The van der Waals surface area contributed by atoms with E-state index in [1.165, 1.54) is 29.6 Å². The maximum absolute atomic E-state index is 14.8. The molecule has 0 unspecified atom stereocenters. The maximum atomic E-state index is 14.8. The highest BCUT2D eigenvalue weighted by Crippen LogP contribution is 2.24. The highest BCUT2D eigenvalue weighted by atomic mass is 32.2. The Morgan fingerprint density at radius 2 is 1.69 bits per heavy atom. The Morgan fingerprint density at radius 3 is 2.33 bits per heavy atom. The SMILES string of the molecule is COc1ccc(S(=O)(=O)N(Cc2ccc(C(=O)N/N=C(\C)c3ccc(N4CCOCC4)c(F)c3)cc2)Cc2cccnc2)cc1. The number of aromatic nitrogens is 1. The maximum Gasteiger partial charge on any atom is 0.271 e. The number of hydrazone groups is 1. The van der Waals surface area contributed by atoms with Crippen molar-refractivity contribution in [3.63, 3.8) is 0 Å². The Hall–Kier alpha value is -4.65. The number of amides is 1. The van der Waals surface area contributed by atoms with Gasteiger partial charge in [0.15, 0.2) is 0 Å². The summed E-state index contributed by atoms with van der Waals surface area (Å²) in [7, 11) is -2.37. The van der Waals surface area contributed by atoms with Crippen LogP contribution in [0.1, 0.15) is 34.0 Å². The van der Waals surface area contributed by atoms with Gasteiger partial charge in [-0.1, -0.05) is 24.3 Å². The van der Waals surface area contributed by atoms with Crippen LogP contribution in [0.15, 0.2) is 101 Å². The van der Waals surface area contributed by atoms with Crippen LogP contribution in [0.25, 0.3) is 0 Å². The normalized spacial score (nSPS) is 14.0. The molecule has 2 heterocycles. The van der Waals surface area contributed by atoms with E-state index in [2.05, 4.69) is 15.5 Å². The van der Waals surface area contributed by atoms with Gasteiger partial charge in [0.25, 0.3) is 5.91 Å². The van der Waals surface area contributed by atoms with Gasteiger partial charge < -0.3 is 14.4 Å². The summed E-state index contributed by atoms with van der Waals surface area (Å²) in [5, 5.41) is 4.16. The summed E-state index contributed by atoms with van der Waals surface area (Å²) in [6, 6.07) is 21.3. The fraction of sp³-hybridized carbons (Fsp3) is 0.242. The highest BCUT2D eigenvalue weighted by molar-refractivity contribution is 7.89. The molecule has 0 atom stereocenters. The number of rotatable bonds is 11. The van der Waals surface area contributed by atoms with E-state index in [0.29, 0.717) is 60.1 Å². The van der Waals surface area contributed by atoms with E-state index >= 15 is 0 Å². The van der Waals surface area contributed by atoms with Gasteiger partial charge in [-0.05, 0) is 72.6 Å². The highest BCUT2D eigenvalue weighted by Gasteiger charge is 2.25. The van der Waals surface area contributed by atoms with Crippen LogP contribution in [0.2, 0.25) is 0 Å². The molecule has 1 aliphatic rings. The van der Waals surface area contributed by atoms with Crippen LogP contribution >= 0.6 is 0 Å². The van der Waals surface area contributed by atoms with Crippen molar-refractivity contribution in [1.29, 1.82) is 0 Å². The Balaban J connectivity index is 1.27. The molecule has 1 saturated heterocycles. The summed E-state index contributed by atoms with van der Waals surface area (Å²) >= 11 is 0. The molecular weight excluding hydrogens is 597 g/mol. The second-order valence-corrected chi connectivity index (χ2v) is 12.3. The summed E-state index contributed by atoms with van der Waals surface area (Å²) in [6.45, 7) is 4.22. The van der Waals surface area contributed by atoms with Crippen molar-refractivity contribution in [2.75, 3.05) is 38.3 Å². The third-order valence-corrected chi connectivity index (χ3v) is 9.20. The van der Waals surface area contributed by atoms with Crippen LogP contribution in [-0.4, -0.2) is 62.7 Å². The van der Waals surface area contributed by atoms with E-state index in [1.54, 1.807) is 73.9 Å². The summed E-state index contributed by atoms with van der Waals surface area (Å²) in [5.41, 5.74) is 5.77. The van der Waals surface area contributed by atoms with Gasteiger partial charge in [-0.2, -0.15) is 9.41 Å². The number of nitrogens with one attached hydrogen (secondary N) is 1. The standard InChI is InChI=1S/C33H34FN5O5S/c1-24(28-9-14-32(31(34)20-28)38-16-18-44-19-17-38)36-37-33(40)27-7-5-25(6-8-27)22-39(23-26-4-3-15-35-21-26)45(41,42)30-12-10-29(43-2)11-13-30/h3-15,20-21H,16-19,22-23H2,1-2H3,(H,37,40)/b36-24+. The lowest BCUT2D eigenvalue weighted by atomic mass is 10.1. The smallest absolute Gasteiger partial charge is 0.271 e. The van der Waals surface area contributed by atoms with Crippen LogP contribution in [0.5, 0.6) is 5.75 Å². The predicted molar refractivity (Wildman–Crippen MR) is 169 cm³/mol. The van der Waals surface area contributed by atoms with Crippen molar-refractivity contribution < 1.29 is 27.1 Å². The summed E-state index contributed by atoms with van der Waals surface area (Å²) in [4.78, 5) is 19.0. The molecule has 0 radical (unpaired) electrons. The second kappa shape index (κ2) is 14.4. The van der Waals surface area contributed by atoms with E-state index in [4.69, 9.17) is 9.47 Å². The number of sulfonamides is 1. The van der Waals surface area contributed by atoms with E-state index in [0.717, 1.165) is 5.56 Å². The number of carbonyl (C=O) groups excluding carboxylic acids is 1. The first kappa shape index (κ1) is 31.8. The first-order valence-corrected chi connectivity index (χ1v) is 15.8. The lowest BCUT2D eigenvalue weighted by molar-refractivity contribution is 0.0954. The van der Waals surface area contributed by atoms with Crippen molar-refractivity contribution in [1.82, 2.24) is 14.7 Å². The number of hydrogen-bond donors (Lipinski definition) is 1. The minimum absolute atomic E-state index is 0.0639. The molecule has 4 aromatic rings. The van der Waals surface area contributed by atoms with Gasteiger partial charge in [-0.15, -0.1) is 0 Å². The fourth-order valence-corrected chi connectivity index (χ4v) is 6.26. The topological polar surface area (TPSA) is 113 Å². The van der Waals surface area contributed by atoms with Gasteiger partial charge >= 0.3 is 0 Å². The minimum atomic E-state index is -3.89. The molecule has 1 aliphatic heterocycles. The van der Waals surface area contributed by atoms with E-state index in [-0.39, 0.29) is 23.8 Å². The monoisotopic (exact) mass is 631 g/mol. The van der Waals surface area contributed by atoms with Crippen LogP contribution in [0.4, 0.5) is 10.1 Å². The summed E-state index contributed by atoms with van der Waals surface area (Å²) < 4.78 is 54.0. The average molecular weight is 632 g/mol. The number of anilines is 1. The molecule has 0 spiro atoms. The number of halogens is 1. The lowest BCUT2D eigenvalue weighted by Gasteiger charge is -2.29. The number of carbonyl (C=O) groups is 1. The molecule has 1 aromatic heterocycles. The number of benzene rings is 3. The third-order valence-electron chi connectivity index (χ3n) is 7.40. The van der Waals surface area contributed by atoms with Crippen LogP contribution in [0, 0.1) is 5.82 Å². The molecule has 5 rings (SSSR count). The number of nitrogens with zero attached hydrogens (tertiary/aromatic N) is 4. The van der Waals surface area contributed by atoms with Gasteiger partial charge in [0.2, 0.25) is 10.0 Å². The van der Waals surface area contributed by atoms with Crippen molar-refractivity contribution in [3.05, 3.63) is 119 Å². The zero-order valence-corrected chi connectivity index (χ0v) is 25.8. The lowest BCUT2D eigenvalue weighted by Crippen LogP contribution is -2.36. The first-order chi connectivity index (χ1) is 21.7. The van der Waals surface area contributed by atoms with Crippen molar-refractivity contribution in [2.45, 2.75) is 24.9 Å². The van der Waals surface area contributed by atoms with Crippen LogP contribution in [0.3, 0.4) is 0 Å². The van der Waals surface area contributed by atoms with Crippen molar-refractivity contribution in [3.8, 4) is 5.75 Å². The third kappa shape index (κ3) is 7.90. The van der Waals surface area contributed by atoms with E-state index in [1.807, 2.05) is 11.0 Å². The van der Waals surface area contributed by atoms with E-state index in [9.17, 15) is 17.6 Å². The van der Waals surface area contributed by atoms with Gasteiger partial charge in [-0.25, -0.2) is 18.2 Å². The molecule has 1 amide bonds. The molecule has 0 aliphatic carbocycles. The van der Waals surface area contributed by atoms with Crippen LogP contribution < -0.4 is 15.1 Å². The van der Waals surface area contributed by atoms with Crippen LogP contribution in [-0.2, 0) is 27.8 Å². The summed E-state index contributed by atoms with van der Waals surface area (Å²) in [5.74, 6) is -0.267. The molecule has 1 fully saturated rings. The number of pyridine rings is 1. The molecule has 10 nitrogen and oxygen atoms in total. The largest absolute Gasteiger partial charge is 0.497 e. The Morgan fingerprint density at radius 1 is 1.00 bits per heavy atom. The zero-order valence-electron chi connectivity index (χ0n) is 25.0. The first-order valence-electron chi connectivity index (χ1n) is 14.3. The second-order valence-electron chi connectivity index (χ2n) is 10.4. The number of methoxy groups -OCH3 is 1. The van der Waals surface area contributed by atoms with Gasteiger partial charge in [0, 0.05) is 49.7 Å². The Bertz CT molecular complexity index is 1740.